The lowest BCUT2D eigenvalue weighted by Gasteiger charge is -1.98. The summed E-state index contributed by atoms with van der Waals surface area (Å²) >= 11 is 0. The topological polar surface area (TPSA) is 54.4 Å². The fourth-order valence-electron chi connectivity index (χ4n) is 0.600. The van der Waals surface area contributed by atoms with Crippen LogP contribution in [0.2, 0.25) is 0 Å². The molecule has 0 aliphatic carbocycles. The molecule has 0 fully saturated rings. The molecule has 0 radical (unpaired) electrons. The Bertz CT molecular complexity index is 135. The summed E-state index contributed by atoms with van der Waals surface area (Å²) in [5, 5.41) is 7.42. The maximum Gasteiger partial charge on any atom is 0.300 e. The zero-order valence-corrected chi connectivity index (χ0v) is 8.26. The lowest BCUT2D eigenvalue weighted by molar-refractivity contribution is -0.134. The third-order valence-corrected chi connectivity index (χ3v) is 1.03. The standard InChI is InChI=1S/C7H14O.C2H4O2/c1-4-7(8)5-6(2)3;1-2(3)4/h6H,4-5H2,1-3H3;1H3,(H,3,4). The van der Waals surface area contributed by atoms with Gasteiger partial charge >= 0.3 is 0 Å². The summed E-state index contributed by atoms with van der Waals surface area (Å²) in [6.07, 6.45) is 1.44. The van der Waals surface area contributed by atoms with Crippen molar-refractivity contribution in [1.29, 1.82) is 0 Å². The van der Waals surface area contributed by atoms with E-state index in [-0.39, 0.29) is 0 Å². The monoisotopic (exact) mass is 174 g/mol. The number of Topliss-reactive ketones (excluding diaryl/α,β-unsaturated/α-hetero) is 1. The second-order valence-corrected chi connectivity index (χ2v) is 3.01. The van der Waals surface area contributed by atoms with Crippen LogP contribution < -0.4 is 0 Å². The van der Waals surface area contributed by atoms with Crippen molar-refractivity contribution < 1.29 is 14.7 Å². The molecule has 0 aromatic heterocycles. The highest BCUT2D eigenvalue weighted by Crippen LogP contribution is 2.01. The number of carbonyl (C=O) groups excluding carboxylic acids is 1. The van der Waals surface area contributed by atoms with Gasteiger partial charge in [-0.3, -0.25) is 9.59 Å². The van der Waals surface area contributed by atoms with Gasteiger partial charge in [0.15, 0.2) is 0 Å². The number of ketones is 1. The van der Waals surface area contributed by atoms with Crippen LogP contribution in [0.25, 0.3) is 0 Å². The molecule has 1 N–H and O–H groups in total. The van der Waals surface area contributed by atoms with Crippen molar-refractivity contribution in [3.05, 3.63) is 0 Å². The van der Waals surface area contributed by atoms with Crippen LogP contribution in [0.4, 0.5) is 0 Å². The van der Waals surface area contributed by atoms with E-state index in [0.29, 0.717) is 18.1 Å². The Balaban J connectivity index is 0. The molecule has 3 heteroatoms. The predicted molar refractivity (Wildman–Crippen MR) is 48.1 cm³/mol. The molecule has 0 amide bonds. The van der Waals surface area contributed by atoms with Crippen LogP contribution in [-0.2, 0) is 9.59 Å². The van der Waals surface area contributed by atoms with Crippen LogP contribution in [0.15, 0.2) is 0 Å². The summed E-state index contributed by atoms with van der Waals surface area (Å²) in [7, 11) is 0. The van der Waals surface area contributed by atoms with E-state index in [0.717, 1.165) is 13.3 Å². The number of carbonyl (C=O) groups is 2. The zero-order valence-electron chi connectivity index (χ0n) is 8.26. The Hall–Kier alpha value is -0.860. The normalized spacial score (nSPS) is 8.75. The highest BCUT2D eigenvalue weighted by molar-refractivity contribution is 5.78. The van der Waals surface area contributed by atoms with Crippen molar-refractivity contribution in [3.8, 4) is 0 Å². The van der Waals surface area contributed by atoms with Crippen LogP contribution in [0.1, 0.15) is 40.5 Å². The second-order valence-electron chi connectivity index (χ2n) is 3.01. The Kier molecular flexibility index (Phi) is 9.41. The molecule has 0 aromatic rings. The van der Waals surface area contributed by atoms with Crippen LogP contribution >= 0.6 is 0 Å². The minimum absolute atomic E-state index is 0.375. The van der Waals surface area contributed by atoms with Gasteiger partial charge in [-0.05, 0) is 5.92 Å². The summed E-state index contributed by atoms with van der Waals surface area (Å²) in [4.78, 5) is 19.6. The van der Waals surface area contributed by atoms with Crippen molar-refractivity contribution >= 4 is 11.8 Å². The first kappa shape index (κ1) is 13.7. The molecular weight excluding hydrogens is 156 g/mol. The first-order valence-electron chi connectivity index (χ1n) is 4.11. The molecule has 0 saturated heterocycles. The predicted octanol–water partition coefficient (Wildman–Crippen LogP) is 2.10. The van der Waals surface area contributed by atoms with Gasteiger partial charge in [-0.2, -0.15) is 0 Å². The van der Waals surface area contributed by atoms with Gasteiger partial charge in [0.25, 0.3) is 5.97 Å². The quantitative estimate of drug-likeness (QED) is 0.712. The van der Waals surface area contributed by atoms with Gasteiger partial charge in [0.1, 0.15) is 5.78 Å². The molecular formula is C9H18O3. The van der Waals surface area contributed by atoms with Crippen LogP contribution in [0.3, 0.4) is 0 Å². The Morgan fingerprint density at radius 2 is 1.67 bits per heavy atom. The largest absolute Gasteiger partial charge is 0.481 e. The SMILES string of the molecule is CC(=O)O.CCC(=O)CC(C)C. The van der Waals surface area contributed by atoms with Gasteiger partial charge in [-0.25, -0.2) is 0 Å². The van der Waals surface area contributed by atoms with Crippen molar-refractivity contribution in [3.63, 3.8) is 0 Å². The zero-order chi connectivity index (χ0) is 10.1. The Morgan fingerprint density at radius 1 is 1.33 bits per heavy atom. The molecule has 3 nitrogen and oxygen atoms in total. The molecule has 0 heterocycles. The molecule has 0 unspecified atom stereocenters. The van der Waals surface area contributed by atoms with E-state index in [9.17, 15) is 4.79 Å². The number of aliphatic carboxylic acids is 1. The maximum absolute atomic E-state index is 10.6. The number of hydrogen-bond donors (Lipinski definition) is 1. The van der Waals surface area contributed by atoms with Gasteiger partial charge in [0.2, 0.25) is 0 Å². The maximum atomic E-state index is 10.6. The van der Waals surface area contributed by atoms with Gasteiger partial charge < -0.3 is 5.11 Å². The third-order valence-electron chi connectivity index (χ3n) is 1.03. The average Bonchev–Trinajstić information content (AvgIpc) is 1.84. The summed E-state index contributed by atoms with van der Waals surface area (Å²) in [5.41, 5.74) is 0. The highest BCUT2D eigenvalue weighted by atomic mass is 16.4. The van der Waals surface area contributed by atoms with Crippen molar-refractivity contribution in [1.82, 2.24) is 0 Å². The summed E-state index contributed by atoms with van der Waals surface area (Å²) < 4.78 is 0. The minimum Gasteiger partial charge on any atom is -0.481 e. The van der Waals surface area contributed by atoms with E-state index < -0.39 is 5.97 Å². The van der Waals surface area contributed by atoms with E-state index in [4.69, 9.17) is 9.90 Å². The van der Waals surface area contributed by atoms with E-state index >= 15 is 0 Å². The summed E-state index contributed by atoms with van der Waals surface area (Å²) in [6.45, 7) is 7.12. The smallest absolute Gasteiger partial charge is 0.300 e. The fourth-order valence-corrected chi connectivity index (χ4v) is 0.600. The lowest BCUT2D eigenvalue weighted by atomic mass is 10.1. The molecule has 12 heavy (non-hydrogen) atoms. The van der Waals surface area contributed by atoms with E-state index in [1.807, 2.05) is 6.92 Å². The first-order valence-corrected chi connectivity index (χ1v) is 4.11. The fraction of sp³-hybridized carbons (Fsp3) is 0.778. The first-order chi connectivity index (χ1) is 5.40. The highest BCUT2D eigenvalue weighted by Gasteiger charge is 1.99. The Labute approximate surface area is 73.8 Å². The molecule has 72 valence electrons. The molecule has 0 aromatic carbocycles. The minimum atomic E-state index is -0.833. The summed E-state index contributed by atoms with van der Waals surface area (Å²) in [5.74, 6) is 0.0717. The Morgan fingerprint density at radius 3 is 1.75 bits per heavy atom. The summed E-state index contributed by atoms with van der Waals surface area (Å²) in [6, 6.07) is 0. The molecule has 0 spiro atoms. The van der Waals surface area contributed by atoms with Gasteiger partial charge in [-0.15, -0.1) is 0 Å². The second kappa shape index (κ2) is 8.24. The van der Waals surface area contributed by atoms with Crippen molar-refractivity contribution in [2.24, 2.45) is 5.92 Å². The van der Waals surface area contributed by atoms with Crippen LogP contribution in [0, 0.1) is 5.92 Å². The number of hydrogen-bond acceptors (Lipinski definition) is 2. The lowest BCUT2D eigenvalue weighted by Crippen LogP contribution is -1.99. The average molecular weight is 174 g/mol. The molecule has 0 aliphatic heterocycles. The van der Waals surface area contributed by atoms with Gasteiger partial charge in [-0.1, -0.05) is 20.8 Å². The molecule has 0 atom stereocenters. The van der Waals surface area contributed by atoms with Crippen molar-refractivity contribution in [2.75, 3.05) is 0 Å². The van der Waals surface area contributed by atoms with Crippen molar-refractivity contribution in [2.45, 2.75) is 40.5 Å². The number of carboxylic acids is 1. The van der Waals surface area contributed by atoms with E-state index in [2.05, 4.69) is 13.8 Å². The third kappa shape index (κ3) is 22.9. The van der Waals surface area contributed by atoms with E-state index in [1.54, 1.807) is 0 Å². The molecule has 0 bridgehead atoms. The number of rotatable bonds is 3. The molecule has 0 rings (SSSR count). The van der Waals surface area contributed by atoms with Crippen LogP contribution in [-0.4, -0.2) is 16.9 Å². The van der Waals surface area contributed by atoms with Gasteiger partial charge in [0.05, 0.1) is 0 Å². The van der Waals surface area contributed by atoms with Crippen LogP contribution in [0.5, 0.6) is 0 Å². The van der Waals surface area contributed by atoms with E-state index in [1.165, 1.54) is 0 Å². The van der Waals surface area contributed by atoms with Gasteiger partial charge in [0, 0.05) is 19.8 Å². The number of carboxylic acid groups (broad SMARTS) is 1. The molecule has 0 saturated carbocycles. The molecule has 0 aliphatic rings.